The number of amides is 1. The molecule has 116 valence electrons. The number of anilines is 1. The molecule has 6 nitrogen and oxygen atoms in total. The summed E-state index contributed by atoms with van der Waals surface area (Å²) in [5.41, 5.74) is -0.0763. The van der Waals surface area contributed by atoms with Crippen LogP contribution in [0.25, 0.3) is 10.9 Å². The molecule has 3 aromatic rings. The van der Waals surface area contributed by atoms with Crippen LogP contribution in [0.4, 0.5) is 5.69 Å². The van der Waals surface area contributed by atoms with E-state index in [0.29, 0.717) is 16.6 Å². The Balaban J connectivity index is 1.91. The van der Waals surface area contributed by atoms with Crippen LogP contribution in [0, 0.1) is 0 Å². The van der Waals surface area contributed by atoms with Crippen LogP contribution in [0.15, 0.2) is 62.6 Å². The van der Waals surface area contributed by atoms with Crippen LogP contribution in [0.5, 0.6) is 0 Å². The molecule has 2 N–H and O–H groups in total. The zero-order chi connectivity index (χ0) is 16.4. The molecule has 0 saturated heterocycles. The Labute approximate surface area is 138 Å². The van der Waals surface area contributed by atoms with Crippen LogP contribution in [-0.4, -0.2) is 15.5 Å². The molecule has 0 unspecified atom stereocenters. The van der Waals surface area contributed by atoms with Crippen LogP contribution in [0.1, 0.15) is 0 Å². The third-order valence-corrected chi connectivity index (χ3v) is 3.79. The number of rotatable bonds is 3. The predicted molar refractivity (Wildman–Crippen MR) is 91.6 cm³/mol. The van der Waals surface area contributed by atoms with Gasteiger partial charge in [0.25, 0.3) is 5.56 Å². The second-order valence-electron chi connectivity index (χ2n) is 4.93. The van der Waals surface area contributed by atoms with E-state index in [1.807, 2.05) is 6.07 Å². The number of para-hydroxylation sites is 1. The zero-order valence-corrected chi connectivity index (χ0v) is 13.5. The van der Waals surface area contributed by atoms with Crippen molar-refractivity contribution in [1.29, 1.82) is 0 Å². The van der Waals surface area contributed by atoms with Crippen molar-refractivity contribution >= 4 is 38.4 Å². The van der Waals surface area contributed by atoms with Crippen LogP contribution < -0.4 is 16.6 Å². The van der Waals surface area contributed by atoms with Gasteiger partial charge in [0.15, 0.2) is 0 Å². The summed E-state index contributed by atoms with van der Waals surface area (Å²) in [6.45, 7) is -0.356. The number of aromatic amines is 1. The number of hydrogen-bond acceptors (Lipinski definition) is 3. The summed E-state index contributed by atoms with van der Waals surface area (Å²) in [5, 5.41) is 3.02. The fourth-order valence-electron chi connectivity index (χ4n) is 2.25. The Morgan fingerprint density at radius 3 is 2.70 bits per heavy atom. The molecule has 0 radical (unpaired) electrons. The number of fused-ring (bicyclic) bond motifs is 1. The summed E-state index contributed by atoms with van der Waals surface area (Å²) >= 11 is 3.31. The van der Waals surface area contributed by atoms with Crippen LogP contribution in [-0.2, 0) is 11.3 Å². The van der Waals surface area contributed by atoms with Crippen molar-refractivity contribution in [2.75, 3.05) is 5.32 Å². The highest BCUT2D eigenvalue weighted by molar-refractivity contribution is 9.10. The van der Waals surface area contributed by atoms with Gasteiger partial charge in [-0.05, 0) is 30.3 Å². The number of nitrogens with zero attached hydrogens (tertiary/aromatic N) is 1. The molecule has 1 heterocycles. The van der Waals surface area contributed by atoms with Gasteiger partial charge in [0.1, 0.15) is 6.54 Å². The zero-order valence-electron chi connectivity index (χ0n) is 11.9. The maximum Gasteiger partial charge on any atom is 0.329 e. The molecular weight excluding hydrogens is 362 g/mol. The molecule has 0 aliphatic heterocycles. The molecule has 1 aromatic heterocycles. The van der Waals surface area contributed by atoms with Crippen LogP contribution >= 0.6 is 15.9 Å². The number of aromatic nitrogens is 2. The Kier molecular flexibility index (Phi) is 4.12. The molecule has 1 amide bonds. The van der Waals surface area contributed by atoms with Crippen molar-refractivity contribution in [1.82, 2.24) is 9.55 Å². The third kappa shape index (κ3) is 3.24. The second-order valence-corrected chi connectivity index (χ2v) is 5.84. The van der Waals surface area contributed by atoms with Crippen LogP contribution in [0.2, 0.25) is 0 Å². The second kappa shape index (κ2) is 6.21. The van der Waals surface area contributed by atoms with Gasteiger partial charge in [-0.2, -0.15) is 0 Å². The monoisotopic (exact) mass is 373 g/mol. The lowest BCUT2D eigenvalue weighted by atomic mass is 10.2. The standard InChI is InChI=1S/C16H12BrN3O3/c17-10-4-3-5-11(8-10)18-14(21)9-20-15(22)12-6-1-2-7-13(12)19-16(20)23/h1-8H,9H2,(H,18,21)(H,19,23). The van der Waals surface area contributed by atoms with Crippen molar-refractivity contribution in [3.05, 3.63) is 73.8 Å². The number of H-pyrrole nitrogens is 1. The summed E-state index contributed by atoms with van der Waals surface area (Å²) in [5.74, 6) is -0.453. The molecule has 0 aliphatic rings. The molecule has 0 spiro atoms. The summed E-state index contributed by atoms with van der Waals surface area (Å²) in [6, 6.07) is 13.7. The minimum Gasteiger partial charge on any atom is -0.324 e. The first kappa shape index (κ1) is 15.2. The van der Waals surface area contributed by atoms with E-state index in [1.54, 1.807) is 42.5 Å². The minimum absolute atomic E-state index is 0.356. The highest BCUT2D eigenvalue weighted by Gasteiger charge is 2.11. The normalized spacial score (nSPS) is 10.7. The quantitative estimate of drug-likeness (QED) is 0.737. The Morgan fingerprint density at radius 2 is 1.91 bits per heavy atom. The molecule has 0 aliphatic carbocycles. The fourth-order valence-corrected chi connectivity index (χ4v) is 2.65. The highest BCUT2D eigenvalue weighted by atomic mass is 79.9. The summed E-state index contributed by atoms with van der Waals surface area (Å²) in [4.78, 5) is 39.1. The van der Waals surface area contributed by atoms with E-state index >= 15 is 0 Å². The van der Waals surface area contributed by atoms with Crippen molar-refractivity contribution in [3.63, 3.8) is 0 Å². The number of benzene rings is 2. The first-order chi connectivity index (χ1) is 11.0. The molecule has 0 saturated carbocycles. The van der Waals surface area contributed by atoms with E-state index in [1.165, 1.54) is 0 Å². The van der Waals surface area contributed by atoms with Gasteiger partial charge in [-0.15, -0.1) is 0 Å². The van der Waals surface area contributed by atoms with Gasteiger partial charge in [0.05, 0.1) is 10.9 Å². The molecule has 3 rings (SSSR count). The minimum atomic E-state index is -0.613. The Morgan fingerprint density at radius 1 is 1.13 bits per heavy atom. The first-order valence-electron chi connectivity index (χ1n) is 6.82. The lowest BCUT2D eigenvalue weighted by Gasteiger charge is -2.08. The highest BCUT2D eigenvalue weighted by Crippen LogP contribution is 2.15. The summed E-state index contributed by atoms with van der Waals surface area (Å²) in [6.07, 6.45) is 0. The largest absolute Gasteiger partial charge is 0.329 e. The van der Waals surface area contributed by atoms with Gasteiger partial charge in [0, 0.05) is 10.2 Å². The van der Waals surface area contributed by atoms with Crippen molar-refractivity contribution in [2.24, 2.45) is 0 Å². The van der Waals surface area contributed by atoms with Gasteiger partial charge in [-0.25, -0.2) is 4.79 Å². The topological polar surface area (TPSA) is 84.0 Å². The molecule has 0 bridgehead atoms. The van der Waals surface area contributed by atoms with Crippen molar-refractivity contribution < 1.29 is 4.79 Å². The van der Waals surface area contributed by atoms with Crippen molar-refractivity contribution in [2.45, 2.75) is 6.54 Å². The molecule has 7 heteroatoms. The van der Waals surface area contributed by atoms with E-state index in [2.05, 4.69) is 26.2 Å². The maximum atomic E-state index is 12.3. The number of carbonyl (C=O) groups is 1. The summed E-state index contributed by atoms with van der Waals surface area (Å²) < 4.78 is 1.70. The van der Waals surface area contributed by atoms with Crippen LogP contribution in [0.3, 0.4) is 0 Å². The third-order valence-electron chi connectivity index (χ3n) is 3.30. The van der Waals surface area contributed by atoms with Gasteiger partial charge >= 0.3 is 5.69 Å². The van der Waals surface area contributed by atoms with E-state index in [9.17, 15) is 14.4 Å². The average Bonchev–Trinajstić information content (AvgIpc) is 2.51. The molecule has 23 heavy (non-hydrogen) atoms. The van der Waals surface area contributed by atoms with Gasteiger partial charge in [-0.1, -0.05) is 34.1 Å². The number of nitrogens with one attached hydrogen (secondary N) is 2. The number of carbonyl (C=O) groups excluding carboxylic acids is 1. The van der Waals surface area contributed by atoms with Gasteiger partial charge in [0.2, 0.25) is 5.91 Å². The van der Waals surface area contributed by atoms with E-state index in [4.69, 9.17) is 0 Å². The van der Waals surface area contributed by atoms with E-state index in [-0.39, 0.29) is 6.54 Å². The SMILES string of the molecule is O=C(Cn1c(=O)[nH]c2ccccc2c1=O)Nc1cccc(Br)c1. The molecule has 2 aromatic carbocycles. The summed E-state index contributed by atoms with van der Waals surface area (Å²) in [7, 11) is 0. The Hall–Kier alpha value is -2.67. The maximum absolute atomic E-state index is 12.3. The lowest BCUT2D eigenvalue weighted by Crippen LogP contribution is -2.38. The Bertz CT molecular complexity index is 1010. The lowest BCUT2D eigenvalue weighted by molar-refractivity contribution is -0.116. The number of hydrogen-bond donors (Lipinski definition) is 2. The van der Waals surface area contributed by atoms with Gasteiger partial charge in [-0.3, -0.25) is 14.2 Å². The predicted octanol–water partition coefficient (Wildman–Crippen LogP) is 2.09. The fraction of sp³-hybridized carbons (Fsp3) is 0.0625. The van der Waals surface area contributed by atoms with Crippen molar-refractivity contribution in [3.8, 4) is 0 Å². The first-order valence-corrected chi connectivity index (χ1v) is 7.61. The molecule has 0 fully saturated rings. The number of halogens is 1. The van der Waals surface area contributed by atoms with Gasteiger partial charge < -0.3 is 10.3 Å². The smallest absolute Gasteiger partial charge is 0.324 e. The van der Waals surface area contributed by atoms with E-state index in [0.717, 1.165) is 9.04 Å². The van der Waals surface area contributed by atoms with E-state index < -0.39 is 17.2 Å². The molecular formula is C16H12BrN3O3. The average molecular weight is 374 g/mol. The molecule has 0 atom stereocenters.